The lowest BCUT2D eigenvalue weighted by Crippen LogP contribution is -2.51. The monoisotopic (exact) mass is 548 g/mol. The van der Waals surface area contributed by atoms with Gasteiger partial charge in [0.15, 0.2) is 5.82 Å². The fourth-order valence-corrected chi connectivity index (χ4v) is 5.94. The van der Waals surface area contributed by atoms with Crippen LogP contribution in [0.25, 0.3) is 22.8 Å². The number of fused-ring (bicyclic) bond motifs is 3. The molecule has 7 nitrogen and oxygen atoms in total. The summed E-state index contributed by atoms with van der Waals surface area (Å²) in [5, 5.41) is 12.4. The summed E-state index contributed by atoms with van der Waals surface area (Å²) >= 11 is 0.653. The summed E-state index contributed by atoms with van der Waals surface area (Å²) in [4.78, 5) is 10.1. The molecule has 13 heteroatoms. The van der Waals surface area contributed by atoms with Crippen molar-refractivity contribution in [2.75, 3.05) is 30.8 Å². The van der Waals surface area contributed by atoms with Crippen molar-refractivity contribution in [3.63, 3.8) is 0 Å². The number of nitriles is 1. The second-order valence-corrected chi connectivity index (χ2v) is 10.1. The van der Waals surface area contributed by atoms with E-state index in [4.69, 9.17) is 10.5 Å². The molecule has 2 aromatic heterocycles. The van der Waals surface area contributed by atoms with Crippen LogP contribution in [0.1, 0.15) is 29.5 Å². The number of hydrogen-bond acceptors (Lipinski definition) is 8. The maximum atomic E-state index is 16.1. The maximum Gasteiger partial charge on any atom is 0.417 e. The van der Waals surface area contributed by atoms with Crippen molar-refractivity contribution < 1.29 is 26.7 Å². The minimum absolute atomic E-state index is 0.125. The molecule has 2 aliphatic rings. The van der Waals surface area contributed by atoms with E-state index in [-0.39, 0.29) is 49.6 Å². The van der Waals surface area contributed by atoms with Gasteiger partial charge < -0.3 is 20.7 Å². The van der Waals surface area contributed by atoms with Gasteiger partial charge in [-0.15, -0.1) is 11.3 Å². The first kappa shape index (κ1) is 25.9. The summed E-state index contributed by atoms with van der Waals surface area (Å²) in [5.74, 6) is -2.09. The molecule has 4 heterocycles. The average Bonchev–Trinajstić information content (AvgIpc) is 3.40. The number of hydrogen-bond donors (Lipinski definition) is 2. The van der Waals surface area contributed by atoms with E-state index in [1.165, 1.54) is 7.11 Å². The Morgan fingerprint density at radius 3 is 2.58 bits per heavy atom. The number of rotatable bonds is 4. The summed E-state index contributed by atoms with van der Waals surface area (Å²) in [6, 6.07) is 2.60. The van der Waals surface area contributed by atoms with Crippen LogP contribution in [0.4, 0.5) is 32.8 Å². The van der Waals surface area contributed by atoms with Gasteiger partial charge in [0, 0.05) is 41.3 Å². The van der Waals surface area contributed by atoms with Gasteiger partial charge in [0.1, 0.15) is 28.2 Å². The highest BCUT2D eigenvalue weighted by atomic mass is 32.1. The van der Waals surface area contributed by atoms with Crippen LogP contribution >= 0.6 is 11.3 Å². The van der Waals surface area contributed by atoms with Crippen molar-refractivity contribution in [2.24, 2.45) is 0 Å². The minimum Gasteiger partial charge on any atom is -0.467 e. The quantitative estimate of drug-likeness (QED) is 0.483. The summed E-state index contributed by atoms with van der Waals surface area (Å²) in [6.45, 7) is 4.27. The van der Waals surface area contributed by atoms with Gasteiger partial charge in [0.2, 0.25) is 0 Å². The Balaban J connectivity index is 1.86. The fourth-order valence-electron chi connectivity index (χ4n) is 5.01. The first-order valence-electron chi connectivity index (χ1n) is 11.5. The van der Waals surface area contributed by atoms with Crippen molar-refractivity contribution in [3.8, 4) is 12.1 Å². The van der Waals surface area contributed by atoms with Gasteiger partial charge in [-0.2, -0.15) is 28.4 Å². The van der Waals surface area contributed by atoms with Gasteiger partial charge in [0.05, 0.1) is 22.8 Å². The fraction of sp³-hybridized carbons (Fsp3) is 0.320. The SMILES string of the molecule is C=C/C(F)=c1/sc(N)c(C#N)/c1=C\c1c(C(F)(F)F)cc2c(N3CC4CCC(C3)N4)nc(OC)nc2c1F. The molecule has 1 aromatic carbocycles. The third-order valence-electron chi connectivity index (χ3n) is 6.70. The largest absolute Gasteiger partial charge is 0.467 e. The van der Waals surface area contributed by atoms with Crippen LogP contribution in [0.2, 0.25) is 0 Å². The molecular formula is C25H21F5N6OS. The van der Waals surface area contributed by atoms with Gasteiger partial charge in [-0.1, -0.05) is 6.58 Å². The van der Waals surface area contributed by atoms with E-state index in [0.29, 0.717) is 24.4 Å². The van der Waals surface area contributed by atoms with Crippen LogP contribution in [-0.4, -0.2) is 42.3 Å². The molecule has 2 aliphatic heterocycles. The molecule has 0 spiro atoms. The predicted molar refractivity (Wildman–Crippen MR) is 134 cm³/mol. The van der Waals surface area contributed by atoms with E-state index < -0.39 is 34.5 Å². The highest BCUT2D eigenvalue weighted by molar-refractivity contribution is 7.14. The summed E-state index contributed by atoms with van der Waals surface area (Å²) < 4.78 is 78.6. The number of allylic oxidation sites excluding steroid dienone is 1. The topological polar surface area (TPSA) is 100 Å². The molecule has 3 N–H and O–H groups in total. The number of methoxy groups -OCH3 is 1. The van der Waals surface area contributed by atoms with Gasteiger partial charge in [-0.25, -0.2) is 8.78 Å². The number of piperazine rings is 1. The van der Waals surface area contributed by atoms with Crippen LogP contribution in [0, 0.1) is 17.1 Å². The van der Waals surface area contributed by atoms with Crippen molar-refractivity contribution in [1.29, 1.82) is 5.26 Å². The molecular weight excluding hydrogens is 527 g/mol. The molecule has 3 aromatic rings. The zero-order chi connectivity index (χ0) is 27.4. The second-order valence-electron chi connectivity index (χ2n) is 9.01. The van der Waals surface area contributed by atoms with Gasteiger partial charge in [0.25, 0.3) is 0 Å². The van der Waals surface area contributed by atoms with Crippen LogP contribution in [0.15, 0.2) is 18.7 Å². The molecule has 2 unspecified atom stereocenters. The number of halogens is 5. The summed E-state index contributed by atoms with van der Waals surface area (Å²) in [5.41, 5.74) is 2.91. The number of nitrogen functional groups attached to an aromatic ring is 1. The normalized spacial score (nSPS) is 20.6. The van der Waals surface area contributed by atoms with Crippen molar-refractivity contribution in [2.45, 2.75) is 31.1 Å². The first-order chi connectivity index (χ1) is 18.0. The van der Waals surface area contributed by atoms with Crippen LogP contribution < -0.4 is 30.4 Å². The van der Waals surface area contributed by atoms with Crippen LogP contribution in [-0.2, 0) is 6.18 Å². The Bertz CT molecular complexity index is 1610. The van der Waals surface area contributed by atoms with Gasteiger partial charge in [-0.3, -0.25) is 0 Å². The van der Waals surface area contributed by atoms with Crippen molar-refractivity contribution in [1.82, 2.24) is 15.3 Å². The molecule has 2 bridgehead atoms. The standard InChI is InChI=1S/C25H21F5N6OS/c1-3-18(26)21-13(16(8-31)22(32)38-21)6-14-17(25(28,29)30)7-15-20(19(14)27)34-24(37-2)35-23(15)36-9-11-4-5-12(10-36)33-11/h3,6-7,11-12,33H,1,4-5,9-10,32H2,2H3/b13-6+,21-18-. The lowest BCUT2D eigenvalue weighted by molar-refractivity contribution is -0.137. The van der Waals surface area contributed by atoms with E-state index in [1.54, 1.807) is 6.07 Å². The number of nitrogens with two attached hydrogens (primary N) is 1. The Hall–Kier alpha value is -3.76. The number of anilines is 2. The molecule has 2 saturated heterocycles. The molecule has 0 amide bonds. The summed E-state index contributed by atoms with van der Waals surface area (Å²) in [6.07, 6.45) is -1.57. The summed E-state index contributed by atoms with van der Waals surface area (Å²) in [7, 11) is 1.27. The zero-order valence-electron chi connectivity index (χ0n) is 20.0. The Kier molecular flexibility index (Phi) is 6.48. The average molecular weight is 549 g/mol. The lowest BCUT2D eigenvalue weighted by Gasteiger charge is -2.34. The molecule has 5 rings (SSSR count). The first-order valence-corrected chi connectivity index (χ1v) is 12.4. The van der Waals surface area contributed by atoms with Crippen LogP contribution in [0.3, 0.4) is 0 Å². The molecule has 0 radical (unpaired) electrons. The van der Waals surface area contributed by atoms with E-state index in [1.807, 2.05) is 4.90 Å². The number of nitrogens with zero attached hydrogens (tertiary/aromatic N) is 4. The number of ether oxygens (including phenoxy) is 1. The molecule has 0 aliphatic carbocycles. The molecule has 2 atom stereocenters. The third kappa shape index (κ3) is 4.33. The van der Waals surface area contributed by atoms with E-state index >= 15 is 4.39 Å². The number of nitrogens with one attached hydrogen (secondary N) is 1. The highest BCUT2D eigenvalue weighted by Gasteiger charge is 2.38. The molecule has 38 heavy (non-hydrogen) atoms. The van der Waals surface area contributed by atoms with Gasteiger partial charge in [-0.05, 0) is 31.1 Å². The number of alkyl halides is 3. The predicted octanol–water partition coefficient (Wildman–Crippen LogP) is 3.34. The Morgan fingerprint density at radius 2 is 2.00 bits per heavy atom. The third-order valence-corrected chi connectivity index (χ3v) is 7.74. The molecule has 0 saturated carbocycles. The number of aromatic nitrogens is 2. The van der Waals surface area contributed by atoms with E-state index in [0.717, 1.165) is 31.1 Å². The van der Waals surface area contributed by atoms with Crippen LogP contribution in [0.5, 0.6) is 6.01 Å². The maximum absolute atomic E-state index is 16.1. The van der Waals surface area contributed by atoms with Crippen molar-refractivity contribution >= 4 is 45.0 Å². The Morgan fingerprint density at radius 1 is 1.32 bits per heavy atom. The highest BCUT2D eigenvalue weighted by Crippen LogP contribution is 2.40. The van der Waals surface area contributed by atoms with Crippen molar-refractivity contribution in [3.05, 3.63) is 51.0 Å². The van der Waals surface area contributed by atoms with E-state index in [2.05, 4.69) is 21.9 Å². The lowest BCUT2D eigenvalue weighted by atomic mass is 10.00. The smallest absolute Gasteiger partial charge is 0.417 e. The molecule has 198 valence electrons. The minimum atomic E-state index is -5.00. The second kappa shape index (κ2) is 9.52. The van der Waals surface area contributed by atoms with E-state index in [9.17, 15) is 22.8 Å². The number of benzene rings is 1. The zero-order valence-corrected chi connectivity index (χ0v) is 20.8. The Labute approximate surface area is 217 Å². The van der Waals surface area contributed by atoms with Gasteiger partial charge >= 0.3 is 12.2 Å². The molecule has 2 fully saturated rings. The number of thiophene rings is 1.